The lowest BCUT2D eigenvalue weighted by atomic mass is 10.0. The molecule has 1 aliphatic rings. The number of imide groups is 2. The van der Waals surface area contributed by atoms with Crippen molar-refractivity contribution in [3.8, 4) is 0 Å². The highest BCUT2D eigenvalue weighted by molar-refractivity contribution is 9.10. The van der Waals surface area contributed by atoms with Crippen LogP contribution in [0.1, 0.15) is 22.4 Å². The quantitative estimate of drug-likeness (QED) is 0.213. The minimum atomic E-state index is -0.765. The first kappa shape index (κ1) is 24.2. The third kappa shape index (κ3) is 4.31. The van der Waals surface area contributed by atoms with Crippen LogP contribution in [0.15, 0.2) is 81.2 Å². The maximum absolute atomic E-state index is 13.5. The van der Waals surface area contributed by atoms with Crippen LogP contribution in [0, 0.1) is 13.8 Å². The summed E-state index contributed by atoms with van der Waals surface area (Å²) in [7, 11) is 0. The molecular weight excluding hydrogens is 586 g/mol. The normalized spacial score (nSPS) is 15.2. The van der Waals surface area contributed by atoms with E-state index in [0.717, 1.165) is 47.1 Å². The molecule has 8 heteroatoms. The minimum absolute atomic E-state index is 0.0928. The number of amides is 4. The molecule has 5 rings (SSSR count). The van der Waals surface area contributed by atoms with E-state index in [1.165, 1.54) is 0 Å². The van der Waals surface area contributed by atoms with Crippen molar-refractivity contribution in [1.29, 1.82) is 0 Å². The fraction of sp³-hybridized carbons (Fsp3) is 0.107. The number of benzene rings is 3. The van der Waals surface area contributed by atoms with Crippen molar-refractivity contribution in [1.82, 2.24) is 9.88 Å². The predicted octanol–water partition coefficient (Wildman–Crippen LogP) is 6.50. The Morgan fingerprint density at radius 1 is 0.917 bits per heavy atom. The SMILES string of the molecule is Cc1cc(N2C(=O)NC(=O)/C(=C\c3c(C)n(Cc4ccc(Br)cc4)c4ccccc34)C2=O)ccc1Br. The number of nitrogens with zero attached hydrogens (tertiary/aromatic N) is 2. The number of urea groups is 1. The largest absolute Gasteiger partial charge is 0.340 e. The Morgan fingerprint density at radius 3 is 2.36 bits per heavy atom. The molecule has 1 aliphatic heterocycles. The van der Waals surface area contributed by atoms with E-state index in [-0.39, 0.29) is 5.57 Å². The number of hydrogen-bond acceptors (Lipinski definition) is 3. The van der Waals surface area contributed by atoms with Crippen LogP contribution >= 0.6 is 31.9 Å². The molecule has 1 saturated heterocycles. The fourth-order valence-corrected chi connectivity index (χ4v) is 4.93. The first-order valence-electron chi connectivity index (χ1n) is 11.2. The van der Waals surface area contributed by atoms with E-state index in [1.54, 1.807) is 24.3 Å². The van der Waals surface area contributed by atoms with E-state index in [9.17, 15) is 14.4 Å². The number of aryl methyl sites for hydroxylation is 1. The third-order valence-electron chi connectivity index (χ3n) is 6.32. The van der Waals surface area contributed by atoms with E-state index in [1.807, 2.05) is 50.2 Å². The first-order chi connectivity index (χ1) is 17.2. The van der Waals surface area contributed by atoms with Gasteiger partial charge in [-0.15, -0.1) is 0 Å². The minimum Gasteiger partial charge on any atom is -0.340 e. The maximum Gasteiger partial charge on any atom is 0.335 e. The van der Waals surface area contributed by atoms with E-state index in [4.69, 9.17) is 0 Å². The van der Waals surface area contributed by atoms with Gasteiger partial charge >= 0.3 is 6.03 Å². The molecule has 1 N–H and O–H groups in total. The molecule has 0 unspecified atom stereocenters. The summed E-state index contributed by atoms with van der Waals surface area (Å²) >= 11 is 6.91. The molecule has 4 amide bonds. The molecule has 3 aromatic carbocycles. The molecule has 1 fully saturated rings. The van der Waals surface area contributed by atoms with Crippen molar-refractivity contribution in [3.63, 3.8) is 0 Å². The van der Waals surface area contributed by atoms with Crippen LogP contribution in [-0.2, 0) is 16.1 Å². The van der Waals surface area contributed by atoms with Gasteiger partial charge in [-0.05, 0) is 67.4 Å². The molecule has 0 spiro atoms. The summed E-state index contributed by atoms with van der Waals surface area (Å²) in [5.74, 6) is -1.37. The van der Waals surface area contributed by atoms with Crippen LogP contribution in [0.5, 0.6) is 0 Å². The predicted molar refractivity (Wildman–Crippen MR) is 148 cm³/mol. The monoisotopic (exact) mass is 605 g/mol. The highest BCUT2D eigenvalue weighted by Crippen LogP contribution is 2.31. The van der Waals surface area contributed by atoms with E-state index < -0.39 is 17.8 Å². The van der Waals surface area contributed by atoms with Crippen LogP contribution in [0.25, 0.3) is 17.0 Å². The first-order valence-corrected chi connectivity index (χ1v) is 12.8. The number of aromatic nitrogens is 1. The van der Waals surface area contributed by atoms with Gasteiger partial charge in [0.2, 0.25) is 0 Å². The Kier molecular flexibility index (Phi) is 6.40. The number of barbiturate groups is 1. The van der Waals surface area contributed by atoms with Gasteiger partial charge in [0.25, 0.3) is 11.8 Å². The van der Waals surface area contributed by atoms with Gasteiger partial charge in [-0.25, -0.2) is 9.69 Å². The number of hydrogen-bond donors (Lipinski definition) is 1. The molecule has 0 atom stereocenters. The number of para-hydroxylation sites is 1. The Labute approximate surface area is 224 Å². The zero-order chi connectivity index (χ0) is 25.6. The number of nitrogens with one attached hydrogen (secondary N) is 1. The van der Waals surface area contributed by atoms with Crippen LogP contribution in [0.2, 0.25) is 0 Å². The summed E-state index contributed by atoms with van der Waals surface area (Å²) in [5, 5.41) is 3.24. The van der Waals surface area contributed by atoms with Crippen molar-refractivity contribution in [3.05, 3.63) is 104 Å². The second kappa shape index (κ2) is 9.52. The Balaban J connectivity index is 1.61. The number of carbonyl (C=O) groups excluding carboxylic acids is 3. The average molecular weight is 607 g/mol. The molecule has 180 valence electrons. The summed E-state index contributed by atoms with van der Waals surface area (Å²) < 4.78 is 4.03. The number of fused-ring (bicyclic) bond motifs is 1. The van der Waals surface area contributed by atoms with E-state index in [0.29, 0.717) is 12.2 Å². The number of halogens is 2. The van der Waals surface area contributed by atoms with Crippen LogP contribution < -0.4 is 10.2 Å². The maximum atomic E-state index is 13.5. The summed E-state index contributed by atoms with van der Waals surface area (Å²) in [6, 6.07) is 20.4. The second-order valence-electron chi connectivity index (χ2n) is 8.62. The lowest BCUT2D eigenvalue weighted by Crippen LogP contribution is -2.54. The smallest absolute Gasteiger partial charge is 0.335 e. The molecule has 4 aromatic rings. The lowest BCUT2D eigenvalue weighted by Gasteiger charge is -2.26. The van der Waals surface area contributed by atoms with Crippen molar-refractivity contribution in [2.24, 2.45) is 0 Å². The topological polar surface area (TPSA) is 71.4 Å². The van der Waals surface area contributed by atoms with Gasteiger partial charge in [0, 0.05) is 37.7 Å². The summed E-state index contributed by atoms with van der Waals surface area (Å²) in [5.41, 5.74) is 4.95. The molecule has 0 aliphatic carbocycles. The summed E-state index contributed by atoms with van der Waals surface area (Å²) in [6.45, 7) is 4.47. The van der Waals surface area contributed by atoms with Gasteiger partial charge in [0.1, 0.15) is 5.57 Å². The average Bonchev–Trinajstić information content (AvgIpc) is 3.11. The van der Waals surface area contributed by atoms with Gasteiger partial charge in [-0.1, -0.05) is 62.2 Å². The molecule has 0 saturated carbocycles. The Hall–Kier alpha value is -3.49. The molecular formula is C28H21Br2N3O3. The van der Waals surface area contributed by atoms with E-state index in [2.05, 4.69) is 53.9 Å². The number of rotatable bonds is 4. The molecule has 0 bridgehead atoms. The van der Waals surface area contributed by atoms with Crippen molar-refractivity contribution < 1.29 is 14.4 Å². The summed E-state index contributed by atoms with van der Waals surface area (Å²) in [4.78, 5) is 40.0. The standard InChI is InChI=1S/C28H21Br2N3O3/c1-16-13-20(11-12-24(16)30)33-27(35)23(26(34)31-28(33)36)14-22-17(2)32(25-6-4-3-5-21(22)25)15-18-7-9-19(29)10-8-18/h3-14H,15H2,1-2H3,(H,31,34,36)/b23-14+. The molecule has 1 aromatic heterocycles. The molecule has 6 nitrogen and oxygen atoms in total. The Morgan fingerprint density at radius 2 is 1.64 bits per heavy atom. The van der Waals surface area contributed by atoms with E-state index >= 15 is 0 Å². The molecule has 2 heterocycles. The van der Waals surface area contributed by atoms with Crippen molar-refractivity contribution >= 4 is 72.4 Å². The van der Waals surface area contributed by atoms with Gasteiger partial charge < -0.3 is 4.57 Å². The van der Waals surface area contributed by atoms with Gasteiger partial charge in [0.05, 0.1) is 5.69 Å². The highest BCUT2D eigenvalue weighted by Gasteiger charge is 2.37. The number of anilines is 1. The number of carbonyl (C=O) groups is 3. The van der Waals surface area contributed by atoms with Gasteiger partial charge in [-0.2, -0.15) is 0 Å². The van der Waals surface area contributed by atoms with Gasteiger partial charge in [-0.3, -0.25) is 14.9 Å². The summed E-state index contributed by atoms with van der Waals surface area (Å²) in [6.07, 6.45) is 1.60. The molecule has 0 radical (unpaired) electrons. The van der Waals surface area contributed by atoms with Crippen molar-refractivity contribution in [2.75, 3.05) is 4.90 Å². The fourth-order valence-electron chi connectivity index (χ4n) is 4.42. The highest BCUT2D eigenvalue weighted by atomic mass is 79.9. The molecule has 36 heavy (non-hydrogen) atoms. The zero-order valence-corrected chi connectivity index (χ0v) is 22.7. The lowest BCUT2D eigenvalue weighted by molar-refractivity contribution is -0.122. The third-order valence-corrected chi connectivity index (χ3v) is 7.74. The van der Waals surface area contributed by atoms with Crippen LogP contribution in [-0.4, -0.2) is 22.4 Å². The van der Waals surface area contributed by atoms with Gasteiger partial charge in [0.15, 0.2) is 0 Å². The Bertz CT molecular complexity index is 1590. The van der Waals surface area contributed by atoms with Crippen molar-refractivity contribution in [2.45, 2.75) is 20.4 Å². The second-order valence-corrected chi connectivity index (χ2v) is 10.4. The zero-order valence-electron chi connectivity index (χ0n) is 19.5. The van der Waals surface area contributed by atoms with Crippen LogP contribution in [0.4, 0.5) is 10.5 Å². The van der Waals surface area contributed by atoms with Crippen LogP contribution in [0.3, 0.4) is 0 Å².